The average Bonchev–Trinajstić information content (AvgIpc) is 2.73. The first-order valence-corrected chi connectivity index (χ1v) is 5.92. The first-order chi connectivity index (χ1) is 7.09. The molecule has 1 aromatic rings. The van der Waals surface area contributed by atoms with Crippen LogP contribution in [-0.2, 0) is 0 Å². The summed E-state index contributed by atoms with van der Waals surface area (Å²) in [6.45, 7) is 3.81. The van der Waals surface area contributed by atoms with Crippen molar-refractivity contribution < 1.29 is 4.79 Å². The molecule has 0 N–H and O–H groups in total. The summed E-state index contributed by atoms with van der Waals surface area (Å²) in [5.74, 6) is 0.162. The standard InChI is InChI=1S/C11H16N2OS/c1-8(14)9-4-5-10(15-9)11-12(2)6-7-13(11)3/h4-5,11H,6-7H2,1-3H3. The molecule has 15 heavy (non-hydrogen) atoms. The van der Waals surface area contributed by atoms with Gasteiger partial charge in [0.05, 0.1) is 11.0 Å². The molecule has 0 aliphatic carbocycles. The number of carbonyl (C=O) groups excluding carboxylic acids is 1. The Morgan fingerprint density at radius 2 is 1.93 bits per heavy atom. The van der Waals surface area contributed by atoms with E-state index in [0.717, 1.165) is 18.0 Å². The van der Waals surface area contributed by atoms with Crippen molar-refractivity contribution in [2.45, 2.75) is 13.1 Å². The van der Waals surface area contributed by atoms with Crippen LogP contribution in [0.15, 0.2) is 12.1 Å². The molecule has 1 aliphatic rings. The lowest BCUT2D eigenvalue weighted by atomic mass is 10.3. The van der Waals surface area contributed by atoms with E-state index in [4.69, 9.17) is 0 Å². The molecular weight excluding hydrogens is 208 g/mol. The van der Waals surface area contributed by atoms with Gasteiger partial charge in [-0.1, -0.05) is 0 Å². The van der Waals surface area contributed by atoms with Crippen molar-refractivity contribution in [3.8, 4) is 0 Å². The maximum atomic E-state index is 11.2. The number of rotatable bonds is 2. The van der Waals surface area contributed by atoms with Gasteiger partial charge >= 0.3 is 0 Å². The molecular formula is C11H16N2OS. The number of nitrogens with zero attached hydrogens (tertiary/aromatic N) is 2. The monoisotopic (exact) mass is 224 g/mol. The summed E-state index contributed by atoms with van der Waals surface area (Å²) in [6.07, 6.45) is 0.350. The van der Waals surface area contributed by atoms with Crippen molar-refractivity contribution in [3.63, 3.8) is 0 Å². The van der Waals surface area contributed by atoms with Gasteiger partial charge in [0.2, 0.25) is 0 Å². The van der Waals surface area contributed by atoms with Gasteiger partial charge in [0.1, 0.15) is 0 Å². The molecule has 1 aliphatic heterocycles. The Bertz CT molecular complexity index is 364. The van der Waals surface area contributed by atoms with E-state index in [1.54, 1.807) is 18.3 Å². The van der Waals surface area contributed by atoms with Crippen LogP contribution in [0.4, 0.5) is 0 Å². The highest BCUT2D eigenvalue weighted by Crippen LogP contribution is 2.32. The quantitative estimate of drug-likeness (QED) is 0.716. The van der Waals surface area contributed by atoms with Gasteiger partial charge in [-0.05, 0) is 33.2 Å². The lowest BCUT2D eigenvalue weighted by molar-refractivity contribution is 0.102. The third kappa shape index (κ3) is 1.97. The van der Waals surface area contributed by atoms with E-state index in [-0.39, 0.29) is 5.78 Å². The summed E-state index contributed by atoms with van der Waals surface area (Å²) < 4.78 is 0. The van der Waals surface area contributed by atoms with Crippen LogP contribution in [0.2, 0.25) is 0 Å². The van der Waals surface area contributed by atoms with Gasteiger partial charge in [0, 0.05) is 18.0 Å². The number of hydrogen-bond acceptors (Lipinski definition) is 4. The van der Waals surface area contributed by atoms with E-state index in [1.165, 1.54) is 4.88 Å². The predicted octanol–water partition coefficient (Wildman–Crippen LogP) is 1.83. The second-order valence-corrected chi connectivity index (χ2v) is 5.21. The normalized spacial score (nSPS) is 19.9. The van der Waals surface area contributed by atoms with Gasteiger partial charge in [-0.3, -0.25) is 14.6 Å². The minimum Gasteiger partial charge on any atom is -0.294 e. The molecule has 0 radical (unpaired) electrons. The first kappa shape index (κ1) is 10.8. The molecule has 1 fully saturated rings. The largest absolute Gasteiger partial charge is 0.294 e. The number of carbonyl (C=O) groups is 1. The summed E-state index contributed by atoms with van der Waals surface area (Å²) in [4.78, 5) is 18.0. The highest BCUT2D eigenvalue weighted by atomic mass is 32.1. The molecule has 1 saturated heterocycles. The fourth-order valence-electron chi connectivity index (χ4n) is 2.01. The number of hydrogen-bond donors (Lipinski definition) is 0. The van der Waals surface area contributed by atoms with E-state index in [9.17, 15) is 4.79 Å². The molecule has 1 aromatic heterocycles. The molecule has 2 rings (SSSR count). The molecule has 0 bridgehead atoms. The van der Waals surface area contributed by atoms with Crippen molar-refractivity contribution in [2.24, 2.45) is 0 Å². The Labute approximate surface area is 94.3 Å². The molecule has 0 amide bonds. The molecule has 82 valence electrons. The van der Waals surface area contributed by atoms with E-state index in [1.807, 2.05) is 6.07 Å². The fraction of sp³-hybridized carbons (Fsp3) is 0.545. The predicted molar refractivity (Wildman–Crippen MR) is 62.3 cm³/mol. The van der Waals surface area contributed by atoms with Crippen LogP contribution in [0, 0.1) is 0 Å². The Kier molecular flexibility index (Phi) is 2.91. The second kappa shape index (κ2) is 4.04. The van der Waals surface area contributed by atoms with Crippen LogP contribution < -0.4 is 0 Å². The fourth-order valence-corrected chi connectivity index (χ4v) is 3.15. The summed E-state index contributed by atoms with van der Waals surface area (Å²) in [5.41, 5.74) is 0. The van der Waals surface area contributed by atoms with E-state index in [2.05, 4.69) is 30.0 Å². The van der Waals surface area contributed by atoms with Crippen molar-refractivity contribution in [1.82, 2.24) is 9.80 Å². The summed E-state index contributed by atoms with van der Waals surface area (Å²) in [6, 6.07) is 4.01. The van der Waals surface area contributed by atoms with Gasteiger partial charge in [0.25, 0.3) is 0 Å². The Hall–Kier alpha value is -0.710. The van der Waals surface area contributed by atoms with E-state index < -0.39 is 0 Å². The summed E-state index contributed by atoms with van der Waals surface area (Å²) in [5, 5.41) is 0. The van der Waals surface area contributed by atoms with Crippen molar-refractivity contribution in [1.29, 1.82) is 0 Å². The smallest absolute Gasteiger partial charge is 0.169 e. The van der Waals surface area contributed by atoms with Crippen LogP contribution in [0.5, 0.6) is 0 Å². The molecule has 0 spiro atoms. The molecule has 4 heteroatoms. The zero-order valence-corrected chi connectivity index (χ0v) is 10.2. The minimum atomic E-state index is 0.162. The van der Waals surface area contributed by atoms with Gasteiger partial charge in [0.15, 0.2) is 5.78 Å². The third-order valence-corrected chi connectivity index (χ3v) is 4.09. The molecule has 2 heterocycles. The molecule has 0 aromatic carbocycles. The van der Waals surface area contributed by atoms with Crippen LogP contribution in [-0.4, -0.2) is 42.8 Å². The van der Waals surface area contributed by atoms with Crippen molar-refractivity contribution in [2.75, 3.05) is 27.2 Å². The molecule has 0 saturated carbocycles. The molecule has 0 unspecified atom stereocenters. The average molecular weight is 224 g/mol. The maximum absolute atomic E-state index is 11.2. The third-order valence-electron chi connectivity index (χ3n) is 2.87. The van der Waals surface area contributed by atoms with Crippen molar-refractivity contribution >= 4 is 17.1 Å². The maximum Gasteiger partial charge on any atom is 0.169 e. The molecule has 3 nitrogen and oxygen atoms in total. The summed E-state index contributed by atoms with van der Waals surface area (Å²) in [7, 11) is 4.25. The Balaban J connectivity index is 2.25. The van der Waals surface area contributed by atoms with Crippen LogP contribution in [0.1, 0.15) is 27.6 Å². The van der Waals surface area contributed by atoms with E-state index in [0.29, 0.717) is 6.17 Å². The van der Waals surface area contributed by atoms with Gasteiger partial charge in [-0.15, -0.1) is 11.3 Å². The van der Waals surface area contributed by atoms with Gasteiger partial charge < -0.3 is 0 Å². The van der Waals surface area contributed by atoms with Crippen LogP contribution in [0.25, 0.3) is 0 Å². The SMILES string of the molecule is CC(=O)c1ccc(C2N(C)CCN2C)s1. The lowest BCUT2D eigenvalue weighted by Gasteiger charge is -2.23. The van der Waals surface area contributed by atoms with Gasteiger partial charge in [-0.25, -0.2) is 0 Å². The number of ketones is 1. The number of Topliss-reactive ketones (excluding diaryl/α,β-unsaturated/α-hetero) is 1. The highest BCUT2D eigenvalue weighted by Gasteiger charge is 2.28. The highest BCUT2D eigenvalue weighted by molar-refractivity contribution is 7.14. The Morgan fingerprint density at radius 3 is 2.40 bits per heavy atom. The van der Waals surface area contributed by atoms with Crippen molar-refractivity contribution in [3.05, 3.63) is 21.9 Å². The van der Waals surface area contributed by atoms with Crippen LogP contribution >= 0.6 is 11.3 Å². The topological polar surface area (TPSA) is 23.6 Å². The number of thiophene rings is 1. The lowest BCUT2D eigenvalue weighted by Crippen LogP contribution is -2.24. The zero-order valence-electron chi connectivity index (χ0n) is 9.36. The zero-order chi connectivity index (χ0) is 11.0. The first-order valence-electron chi connectivity index (χ1n) is 5.11. The van der Waals surface area contributed by atoms with Crippen LogP contribution in [0.3, 0.4) is 0 Å². The number of likely N-dealkylation sites (N-methyl/N-ethyl adjacent to an activating group) is 2. The minimum absolute atomic E-state index is 0.162. The molecule has 0 atom stereocenters. The Morgan fingerprint density at radius 1 is 1.33 bits per heavy atom. The summed E-state index contributed by atoms with van der Waals surface area (Å²) >= 11 is 1.61. The second-order valence-electron chi connectivity index (χ2n) is 4.09. The van der Waals surface area contributed by atoms with Gasteiger partial charge in [-0.2, -0.15) is 0 Å². The van der Waals surface area contributed by atoms with E-state index >= 15 is 0 Å².